The number of para-hydroxylation sites is 2. The van der Waals surface area contributed by atoms with Crippen molar-refractivity contribution >= 4 is 17.5 Å². The van der Waals surface area contributed by atoms with Crippen molar-refractivity contribution in [2.24, 2.45) is 7.05 Å². The van der Waals surface area contributed by atoms with E-state index in [1.807, 2.05) is 48.1 Å². The Bertz CT molecular complexity index is 1060. The monoisotopic (exact) mass is 406 g/mol. The first kappa shape index (κ1) is 19.5. The molecule has 1 aromatic heterocycles. The van der Waals surface area contributed by atoms with E-state index >= 15 is 0 Å². The molecule has 1 N–H and O–H groups in total. The third-order valence-corrected chi connectivity index (χ3v) is 4.98. The van der Waals surface area contributed by atoms with Gasteiger partial charge in [0.1, 0.15) is 29.9 Å². The van der Waals surface area contributed by atoms with E-state index < -0.39 is 6.04 Å². The van der Waals surface area contributed by atoms with Crippen LogP contribution in [0.3, 0.4) is 0 Å². The summed E-state index contributed by atoms with van der Waals surface area (Å²) in [5, 5.41) is 3.01. The van der Waals surface area contributed by atoms with Crippen molar-refractivity contribution in [3.8, 4) is 11.5 Å². The minimum Gasteiger partial charge on any atom is -0.497 e. The number of anilines is 1. The number of methoxy groups -OCH3 is 1. The zero-order valence-corrected chi connectivity index (χ0v) is 16.7. The normalized spacial score (nSPS) is 13.9. The number of carbonyl (C=O) groups is 2. The number of fused-ring (bicyclic) bond motifs is 1. The van der Waals surface area contributed by atoms with Crippen molar-refractivity contribution in [3.05, 3.63) is 72.3 Å². The molecule has 0 spiro atoms. The summed E-state index contributed by atoms with van der Waals surface area (Å²) in [6.45, 7) is -0.206. The number of nitrogens with one attached hydrogen (secondary N) is 1. The van der Waals surface area contributed by atoms with Crippen LogP contribution in [0.25, 0.3) is 0 Å². The van der Waals surface area contributed by atoms with Crippen LogP contribution >= 0.6 is 0 Å². The Balaban J connectivity index is 1.58. The zero-order chi connectivity index (χ0) is 21.1. The second-order valence-corrected chi connectivity index (χ2v) is 6.91. The fraction of sp³-hybridized carbons (Fsp3) is 0.227. The first-order valence-corrected chi connectivity index (χ1v) is 9.49. The predicted octanol–water partition coefficient (Wildman–Crippen LogP) is 2.06. The van der Waals surface area contributed by atoms with E-state index in [-0.39, 0.29) is 25.0 Å². The van der Waals surface area contributed by atoms with Gasteiger partial charge in [-0.05, 0) is 29.8 Å². The summed E-state index contributed by atoms with van der Waals surface area (Å²) in [7, 11) is 3.47. The van der Waals surface area contributed by atoms with Gasteiger partial charge in [-0.3, -0.25) is 14.5 Å². The molecule has 3 aromatic rings. The van der Waals surface area contributed by atoms with Crippen LogP contribution in [0, 0.1) is 0 Å². The molecule has 8 nitrogen and oxygen atoms in total. The Hall–Kier alpha value is -3.81. The SMILES string of the molecule is COc1ccc([C@@H](NC(=O)CN2C(=O)COc3ccccc32)c2nccn2C)cc1. The van der Waals surface area contributed by atoms with Crippen LogP contribution in [0.4, 0.5) is 5.69 Å². The summed E-state index contributed by atoms with van der Waals surface area (Å²) in [4.78, 5) is 31.2. The summed E-state index contributed by atoms with van der Waals surface area (Å²) >= 11 is 0. The molecule has 0 saturated heterocycles. The van der Waals surface area contributed by atoms with Gasteiger partial charge in [-0.2, -0.15) is 0 Å². The quantitative estimate of drug-likeness (QED) is 0.677. The first-order chi connectivity index (χ1) is 14.6. The molecule has 30 heavy (non-hydrogen) atoms. The zero-order valence-electron chi connectivity index (χ0n) is 16.7. The topological polar surface area (TPSA) is 85.7 Å². The molecule has 4 rings (SSSR count). The Morgan fingerprint density at radius 2 is 2.00 bits per heavy atom. The second kappa shape index (κ2) is 8.28. The predicted molar refractivity (Wildman–Crippen MR) is 110 cm³/mol. The summed E-state index contributed by atoms with van der Waals surface area (Å²) in [5.74, 6) is 1.42. The number of imidazole rings is 1. The molecule has 2 aromatic carbocycles. The lowest BCUT2D eigenvalue weighted by Gasteiger charge is -2.29. The lowest BCUT2D eigenvalue weighted by atomic mass is 10.1. The number of benzene rings is 2. The molecule has 0 radical (unpaired) electrons. The summed E-state index contributed by atoms with van der Waals surface area (Å²) in [6, 6.07) is 14.1. The number of hydrogen-bond acceptors (Lipinski definition) is 5. The molecule has 0 unspecified atom stereocenters. The van der Waals surface area contributed by atoms with Crippen molar-refractivity contribution in [2.75, 3.05) is 25.2 Å². The van der Waals surface area contributed by atoms with Gasteiger partial charge in [0.2, 0.25) is 5.91 Å². The average Bonchev–Trinajstić information content (AvgIpc) is 3.20. The van der Waals surface area contributed by atoms with Crippen molar-refractivity contribution in [1.82, 2.24) is 14.9 Å². The number of ether oxygens (including phenoxy) is 2. The van der Waals surface area contributed by atoms with Crippen LogP contribution in [-0.2, 0) is 16.6 Å². The highest BCUT2D eigenvalue weighted by atomic mass is 16.5. The van der Waals surface area contributed by atoms with Crippen LogP contribution in [0.2, 0.25) is 0 Å². The van der Waals surface area contributed by atoms with Gasteiger partial charge in [0.05, 0.1) is 12.8 Å². The van der Waals surface area contributed by atoms with E-state index in [9.17, 15) is 9.59 Å². The maximum Gasteiger partial charge on any atom is 0.265 e. The molecular formula is C22H22N4O4. The lowest BCUT2D eigenvalue weighted by Crippen LogP contribution is -2.46. The maximum absolute atomic E-state index is 13.0. The number of amides is 2. The number of rotatable bonds is 6. The highest BCUT2D eigenvalue weighted by molar-refractivity contribution is 6.02. The Morgan fingerprint density at radius 3 is 2.70 bits per heavy atom. The second-order valence-electron chi connectivity index (χ2n) is 6.91. The van der Waals surface area contributed by atoms with Gasteiger partial charge < -0.3 is 19.4 Å². The molecule has 1 aliphatic rings. The van der Waals surface area contributed by atoms with Crippen LogP contribution in [0.15, 0.2) is 60.9 Å². The Morgan fingerprint density at radius 1 is 1.23 bits per heavy atom. The van der Waals surface area contributed by atoms with Gasteiger partial charge in [-0.1, -0.05) is 24.3 Å². The summed E-state index contributed by atoms with van der Waals surface area (Å²) in [6.07, 6.45) is 3.50. The molecule has 2 amide bonds. The molecule has 154 valence electrons. The van der Waals surface area contributed by atoms with Crippen molar-refractivity contribution in [1.29, 1.82) is 0 Å². The molecule has 0 aliphatic carbocycles. The highest BCUT2D eigenvalue weighted by Crippen LogP contribution is 2.31. The molecule has 1 aliphatic heterocycles. The summed E-state index contributed by atoms with van der Waals surface area (Å²) < 4.78 is 12.5. The van der Waals surface area contributed by atoms with Crippen LogP contribution in [0.1, 0.15) is 17.4 Å². The third kappa shape index (κ3) is 3.84. The van der Waals surface area contributed by atoms with Crippen molar-refractivity contribution < 1.29 is 19.1 Å². The van der Waals surface area contributed by atoms with Gasteiger partial charge in [-0.25, -0.2) is 4.98 Å². The maximum atomic E-state index is 13.0. The van der Waals surface area contributed by atoms with E-state index in [0.29, 0.717) is 17.3 Å². The van der Waals surface area contributed by atoms with Gasteiger partial charge in [0.15, 0.2) is 6.61 Å². The van der Waals surface area contributed by atoms with Crippen molar-refractivity contribution in [3.63, 3.8) is 0 Å². The van der Waals surface area contributed by atoms with Gasteiger partial charge >= 0.3 is 0 Å². The van der Waals surface area contributed by atoms with Crippen molar-refractivity contribution in [2.45, 2.75) is 6.04 Å². The number of carbonyl (C=O) groups excluding carboxylic acids is 2. The molecule has 1 atom stereocenters. The number of aryl methyl sites for hydroxylation is 1. The smallest absolute Gasteiger partial charge is 0.265 e. The molecular weight excluding hydrogens is 384 g/mol. The standard InChI is InChI=1S/C22H22N4O4/c1-25-12-11-23-22(25)21(15-7-9-16(29-2)10-8-15)24-19(27)13-26-17-5-3-4-6-18(17)30-14-20(26)28/h3-12,21H,13-14H2,1-2H3,(H,24,27)/t21-/m1/s1. The van der Waals surface area contributed by atoms with Gasteiger partial charge in [0, 0.05) is 19.4 Å². The number of aromatic nitrogens is 2. The van der Waals surface area contributed by atoms with E-state index in [1.165, 1.54) is 4.90 Å². The van der Waals surface area contributed by atoms with E-state index in [1.54, 1.807) is 31.5 Å². The molecule has 8 heteroatoms. The Kier molecular flexibility index (Phi) is 5.38. The largest absolute Gasteiger partial charge is 0.497 e. The third-order valence-electron chi connectivity index (χ3n) is 4.98. The van der Waals surface area contributed by atoms with Crippen LogP contribution < -0.4 is 19.7 Å². The molecule has 2 heterocycles. The highest BCUT2D eigenvalue weighted by Gasteiger charge is 2.28. The van der Waals surface area contributed by atoms with E-state index in [0.717, 1.165) is 11.3 Å². The minimum atomic E-state index is -0.477. The summed E-state index contributed by atoms with van der Waals surface area (Å²) in [5.41, 5.74) is 1.44. The Labute approximate surface area is 174 Å². The minimum absolute atomic E-state index is 0.0917. The fourth-order valence-electron chi connectivity index (χ4n) is 3.43. The van der Waals surface area contributed by atoms with Crippen LogP contribution in [-0.4, -0.2) is 41.6 Å². The molecule has 0 saturated carbocycles. The number of nitrogens with zero attached hydrogens (tertiary/aromatic N) is 3. The number of hydrogen-bond donors (Lipinski definition) is 1. The molecule has 0 fully saturated rings. The fourth-order valence-corrected chi connectivity index (χ4v) is 3.43. The molecule has 0 bridgehead atoms. The van der Waals surface area contributed by atoms with Crippen LogP contribution in [0.5, 0.6) is 11.5 Å². The van der Waals surface area contributed by atoms with Gasteiger partial charge in [0.25, 0.3) is 5.91 Å². The first-order valence-electron chi connectivity index (χ1n) is 9.49. The van der Waals surface area contributed by atoms with Gasteiger partial charge in [-0.15, -0.1) is 0 Å². The average molecular weight is 406 g/mol. The lowest BCUT2D eigenvalue weighted by molar-refractivity contribution is -0.125. The van der Waals surface area contributed by atoms with E-state index in [2.05, 4.69) is 10.3 Å². The van der Waals surface area contributed by atoms with E-state index in [4.69, 9.17) is 9.47 Å².